The zero-order valence-corrected chi connectivity index (χ0v) is 15.1. The van der Waals surface area contributed by atoms with Gasteiger partial charge in [0.2, 0.25) is 10.0 Å². The van der Waals surface area contributed by atoms with Crippen molar-refractivity contribution in [2.45, 2.75) is 18.7 Å². The van der Waals surface area contributed by atoms with E-state index in [1.807, 2.05) is 31.2 Å². The van der Waals surface area contributed by atoms with Gasteiger partial charge in [0.05, 0.1) is 9.82 Å². The van der Waals surface area contributed by atoms with Gasteiger partial charge in [0.1, 0.15) is 12.4 Å². The summed E-state index contributed by atoms with van der Waals surface area (Å²) in [4.78, 5) is 10.2. The molecule has 2 rings (SSSR count). The maximum absolute atomic E-state index is 12.7. The average molecular weight is 364 g/mol. The molecule has 0 unspecified atom stereocenters. The van der Waals surface area contributed by atoms with Crippen molar-refractivity contribution < 1.29 is 18.1 Å². The summed E-state index contributed by atoms with van der Waals surface area (Å²) in [6, 6.07) is 11.2. The van der Waals surface area contributed by atoms with Crippen LogP contribution >= 0.6 is 0 Å². The minimum absolute atomic E-state index is 0.0699. The third kappa shape index (κ3) is 4.55. The molecule has 0 N–H and O–H groups in total. The number of nitro benzene ring substituents is 1. The Bertz CT molecular complexity index is 863. The molecular formula is C17H20N2O5S. The molecule has 0 aromatic heterocycles. The molecule has 7 nitrogen and oxygen atoms in total. The second kappa shape index (κ2) is 7.62. The third-order valence-electron chi connectivity index (χ3n) is 3.77. The fourth-order valence-electron chi connectivity index (χ4n) is 2.19. The van der Waals surface area contributed by atoms with E-state index in [1.165, 1.54) is 19.2 Å². The summed E-state index contributed by atoms with van der Waals surface area (Å²) in [6.07, 6.45) is 0. The molecule has 2 aromatic carbocycles. The lowest BCUT2D eigenvalue weighted by Crippen LogP contribution is -2.31. The molecule has 0 radical (unpaired) electrons. The van der Waals surface area contributed by atoms with E-state index in [0.29, 0.717) is 11.3 Å². The fourth-order valence-corrected chi connectivity index (χ4v) is 3.59. The Kier molecular flexibility index (Phi) is 5.76. The maximum Gasteiger partial charge on any atom is 0.270 e. The molecule has 0 bridgehead atoms. The minimum atomic E-state index is -3.84. The minimum Gasteiger partial charge on any atom is -0.492 e. The zero-order valence-electron chi connectivity index (χ0n) is 14.3. The van der Waals surface area contributed by atoms with Crippen LogP contribution in [0.15, 0.2) is 47.4 Å². The number of hydrogen-bond acceptors (Lipinski definition) is 5. The van der Waals surface area contributed by atoms with Gasteiger partial charge in [-0.3, -0.25) is 10.1 Å². The van der Waals surface area contributed by atoms with Crippen LogP contribution in [0.25, 0.3) is 0 Å². The summed E-state index contributed by atoms with van der Waals surface area (Å²) < 4.78 is 32.0. The summed E-state index contributed by atoms with van der Waals surface area (Å²) in [5.41, 5.74) is 1.30. The molecule has 0 atom stereocenters. The Morgan fingerprint density at radius 1 is 1.12 bits per heavy atom. The maximum atomic E-state index is 12.7. The molecule has 134 valence electrons. The summed E-state index contributed by atoms with van der Waals surface area (Å²) in [6.45, 7) is 3.86. The van der Waals surface area contributed by atoms with E-state index in [0.717, 1.165) is 15.9 Å². The SMILES string of the molecule is Cc1ccc(OCCN(C)S(=O)(=O)c2cc([N+](=O)[O-])ccc2C)cc1. The molecule has 0 heterocycles. The molecular weight excluding hydrogens is 344 g/mol. The average Bonchev–Trinajstić information content (AvgIpc) is 2.56. The van der Waals surface area contributed by atoms with E-state index in [1.54, 1.807) is 6.92 Å². The van der Waals surface area contributed by atoms with Crippen LogP contribution in [-0.2, 0) is 10.0 Å². The van der Waals surface area contributed by atoms with Gasteiger partial charge in [0.15, 0.2) is 0 Å². The van der Waals surface area contributed by atoms with E-state index in [4.69, 9.17) is 4.74 Å². The smallest absolute Gasteiger partial charge is 0.270 e. The molecule has 25 heavy (non-hydrogen) atoms. The lowest BCUT2D eigenvalue weighted by Gasteiger charge is -2.18. The molecule has 8 heteroatoms. The highest BCUT2D eigenvalue weighted by atomic mass is 32.2. The number of likely N-dealkylation sites (N-methyl/N-ethyl adjacent to an activating group) is 1. The van der Waals surface area contributed by atoms with Crippen LogP contribution in [0.4, 0.5) is 5.69 Å². The summed E-state index contributed by atoms with van der Waals surface area (Å²) in [7, 11) is -2.42. The lowest BCUT2D eigenvalue weighted by atomic mass is 10.2. The van der Waals surface area contributed by atoms with Crippen LogP contribution < -0.4 is 4.74 Å². The topological polar surface area (TPSA) is 89.8 Å². The van der Waals surface area contributed by atoms with E-state index in [2.05, 4.69) is 0 Å². The van der Waals surface area contributed by atoms with Crippen molar-refractivity contribution in [3.63, 3.8) is 0 Å². The van der Waals surface area contributed by atoms with Crippen molar-refractivity contribution in [1.82, 2.24) is 4.31 Å². The van der Waals surface area contributed by atoms with Crippen LogP contribution in [-0.4, -0.2) is 37.8 Å². The van der Waals surface area contributed by atoms with Gasteiger partial charge in [-0.05, 0) is 31.5 Å². The molecule has 0 fully saturated rings. The van der Waals surface area contributed by atoms with Gasteiger partial charge in [0.25, 0.3) is 5.69 Å². The highest BCUT2D eigenvalue weighted by Gasteiger charge is 2.25. The highest BCUT2D eigenvalue weighted by molar-refractivity contribution is 7.89. The van der Waals surface area contributed by atoms with Gasteiger partial charge >= 0.3 is 0 Å². The molecule has 0 amide bonds. The van der Waals surface area contributed by atoms with Crippen molar-refractivity contribution in [3.05, 3.63) is 63.7 Å². The Balaban J connectivity index is 2.09. The monoisotopic (exact) mass is 364 g/mol. The van der Waals surface area contributed by atoms with E-state index in [9.17, 15) is 18.5 Å². The second-order valence-corrected chi connectivity index (χ2v) is 7.71. The number of aryl methyl sites for hydroxylation is 2. The quantitative estimate of drug-likeness (QED) is 0.557. The first-order valence-corrected chi connectivity index (χ1v) is 9.06. The second-order valence-electron chi connectivity index (χ2n) is 5.69. The standard InChI is InChI=1S/C17H20N2O5S/c1-13-4-8-16(9-5-13)24-11-10-18(3)25(22,23)17-12-15(19(20)21)7-6-14(17)2/h4-9,12H,10-11H2,1-3H3. The van der Waals surface area contributed by atoms with Crippen LogP contribution in [0.5, 0.6) is 5.75 Å². The van der Waals surface area contributed by atoms with Crippen LogP contribution in [0.2, 0.25) is 0 Å². The van der Waals surface area contributed by atoms with Gasteiger partial charge in [-0.2, -0.15) is 4.31 Å². The first-order chi connectivity index (χ1) is 11.7. The van der Waals surface area contributed by atoms with Crippen molar-refractivity contribution in [1.29, 1.82) is 0 Å². The molecule has 0 saturated carbocycles. The normalized spacial score (nSPS) is 11.5. The number of sulfonamides is 1. The molecule has 0 aliphatic heterocycles. The molecule has 0 spiro atoms. The number of ether oxygens (including phenoxy) is 1. The highest BCUT2D eigenvalue weighted by Crippen LogP contribution is 2.24. The number of nitro groups is 1. The van der Waals surface area contributed by atoms with Gasteiger partial charge in [-0.25, -0.2) is 8.42 Å². The van der Waals surface area contributed by atoms with E-state index in [-0.39, 0.29) is 23.7 Å². The van der Waals surface area contributed by atoms with E-state index < -0.39 is 14.9 Å². The molecule has 2 aromatic rings. The fraction of sp³-hybridized carbons (Fsp3) is 0.294. The first-order valence-electron chi connectivity index (χ1n) is 7.62. The molecule has 0 aliphatic rings. The zero-order chi connectivity index (χ0) is 18.6. The van der Waals surface area contributed by atoms with Gasteiger partial charge in [0, 0.05) is 25.7 Å². The van der Waals surface area contributed by atoms with Crippen molar-refractivity contribution in [2.24, 2.45) is 0 Å². The third-order valence-corrected chi connectivity index (χ3v) is 5.77. The molecule has 0 aliphatic carbocycles. The Morgan fingerprint density at radius 2 is 1.76 bits per heavy atom. The van der Waals surface area contributed by atoms with Crippen LogP contribution in [0.1, 0.15) is 11.1 Å². The Labute approximate surface area is 147 Å². The summed E-state index contributed by atoms with van der Waals surface area (Å²) >= 11 is 0. The van der Waals surface area contributed by atoms with Crippen LogP contribution in [0.3, 0.4) is 0 Å². The largest absolute Gasteiger partial charge is 0.492 e. The van der Waals surface area contributed by atoms with E-state index >= 15 is 0 Å². The van der Waals surface area contributed by atoms with Crippen molar-refractivity contribution in [3.8, 4) is 5.75 Å². The number of hydrogen-bond donors (Lipinski definition) is 0. The lowest BCUT2D eigenvalue weighted by molar-refractivity contribution is -0.385. The Morgan fingerprint density at radius 3 is 2.36 bits per heavy atom. The van der Waals surface area contributed by atoms with Crippen LogP contribution in [0, 0.1) is 24.0 Å². The van der Waals surface area contributed by atoms with Crippen molar-refractivity contribution in [2.75, 3.05) is 20.2 Å². The summed E-state index contributed by atoms with van der Waals surface area (Å²) in [5, 5.41) is 10.9. The van der Waals surface area contributed by atoms with Gasteiger partial charge in [-0.1, -0.05) is 23.8 Å². The summed E-state index contributed by atoms with van der Waals surface area (Å²) in [5.74, 6) is 0.655. The Hall–Kier alpha value is -2.45. The van der Waals surface area contributed by atoms with Gasteiger partial charge in [-0.15, -0.1) is 0 Å². The van der Waals surface area contributed by atoms with Gasteiger partial charge < -0.3 is 4.74 Å². The van der Waals surface area contributed by atoms with Crippen molar-refractivity contribution >= 4 is 15.7 Å². The first kappa shape index (κ1) is 18.9. The number of rotatable bonds is 7. The predicted molar refractivity (Wildman–Crippen MR) is 94.3 cm³/mol. The molecule has 0 saturated heterocycles. The number of non-ortho nitro benzene ring substituents is 1. The number of nitrogens with zero attached hydrogens (tertiary/aromatic N) is 2. The predicted octanol–water partition coefficient (Wildman–Crippen LogP) is 2.91. The number of benzene rings is 2.